The first-order valence-electron chi connectivity index (χ1n) is 8.03. The zero-order chi connectivity index (χ0) is 17.8. The molecule has 6 nitrogen and oxygen atoms in total. The summed E-state index contributed by atoms with van der Waals surface area (Å²) in [7, 11) is 5.66. The van der Waals surface area contributed by atoms with Crippen LogP contribution in [0.3, 0.4) is 0 Å². The number of ether oxygens (including phenoxy) is 1. The molecule has 0 saturated carbocycles. The molecule has 1 aromatic carbocycles. The van der Waals surface area contributed by atoms with Gasteiger partial charge in [-0.25, -0.2) is 4.98 Å². The fourth-order valence-electron chi connectivity index (χ4n) is 2.50. The maximum absolute atomic E-state index is 12.8. The van der Waals surface area contributed by atoms with Gasteiger partial charge in [-0.05, 0) is 51.3 Å². The Hall–Kier alpha value is -2.38. The van der Waals surface area contributed by atoms with Gasteiger partial charge in [-0.3, -0.25) is 9.69 Å². The van der Waals surface area contributed by atoms with Crippen LogP contribution in [0.25, 0.3) is 10.2 Å². The van der Waals surface area contributed by atoms with Gasteiger partial charge in [-0.2, -0.15) is 0 Å². The van der Waals surface area contributed by atoms with Crippen molar-refractivity contribution in [3.05, 3.63) is 42.4 Å². The number of furan rings is 1. The smallest absolute Gasteiger partial charge is 0.295 e. The van der Waals surface area contributed by atoms with Crippen molar-refractivity contribution in [3.63, 3.8) is 0 Å². The molecule has 25 heavy (non-hydrogen) atoms. The number of thiazole rings is 1. The number of hydrogen-bond donors (Lipinski definition) is 0. The van der Waals surface area contributed by atoms with Gasteiger partial charge in [0, 0.05) is 12.6 Å². The van der Waals surface area contributed by atoms with E-state index in [1.807, 2.05) is 32.3 Å². The molecular formula is C18H21N3O3S. The predicted octanol–water partition coefficient (Wildman–Crippen LogP) is 3.50. The van der Waals surface area contributed by atoms with E-state index < -0.39 is 0 Å². The molecule has 1 amide bonds. The fourth-order valence-corrected chi connectivity index (χ4v) is 3.47. The van der Waals surface area contributed by atoms with Crippen LogP contribution in [-0.2, 0) is 0 Å². The number of carbonyl (C=O) groups is 1. The van der Waals surface area contributed by atoms with Crippen LogP contribution in [-0.4, -0.2) is 50.1 Å². The second-order valence-corrected chi connectivity index (χ2v) is 6.93. The lowest BCUT2D eigenvalue weighted by Crippen LogP contribution is -2.33. The van der Waals surface area contributed by atoms with Gasteiger partial charge >= 0.3 is 0 Å². The molecule has 0 atom stereocenters. The first kappa shape index (κ1) is 17.4. The highest BCUT2D eigenvalue weighted by atomic mass is 32.1. The average molecular weight is 359 g/mol. The summed E-state index contributed by atoms with van der Waals surface area (Å²) < 4.78 is 11.6. The van der Waals surface area contributed by atoms with Gasteiger partial charge in [0.2, 0.25) is 0 Å². The molecule has 0 saturated heterocycles. The van der Waals surface area contributed by atoms with Crippen molar-refractivity contribution in [2.24, 2.45) is 0 Å². The number of aromatic nitrogens is 1. The first-order chi connectivity index (χ1) is 12.1. The zero-order valence-corrected chi connectivity index (χ0v) is 15.4. The molecule has 0 aliphatic carbocycles. The van der Waals surface area contributed by atoms with Crippen molar-refractivity contribution in [2.45, 2.75) is 6.42 Å². The minimum absolute atomic E-state index is 0.172. The maximum atomic E-state index is 12.8. The van der Waals surface area contributed by atoms with E-state index in [1.54, 1.807) is 24.1 Å². The molecule has 0 aliphatic rings. The molecule has 3 aromatic rings. The van der Waals surface area contributed by atoms with Crippen LogP contribution in [0.2, 0.25) is 0 Å². The number of hydrogen-bond acceptors (Lipinski definition) is 6. The highest BCUT2D eigenvalue weighted by Crippen LogP contribution is 2.32. The van der Waals surface area contributed by atoms with Gasteiger partial charge in [-0.15, -0.1) is 0 Å². The Morgan fingerprint density at radius 2 is 2.12 bits per heavy atom. The van der Waals surface area contributed by atoms with Crippen LogP contribution in [0.1, 0.15) is 17.0 Å². The molecule has 0 bridgehead atoms. The average Bonchev–Trinajstić information content (AvgIpc) is 3.26. The maximum Gasteiger partial charge on any atom is 0.295 e. The summed E-state index contributed by atoms with van der Waals surface area (Å²) >= 11 is 1.49. The van der Waals surface area contributed by atoms with Crippen LogP contribution in [0.4, 0.5) is 5.13 Å². The Labute approximate surface area is 150 Å². The molecule has 0 fully saturated rings. The second-order valence-electron chi connectivity index (χ2n) is 5.92. The second kappa shape index (κ2) is 7.67. The monoisotopic (exact) mass is 359 g/mol. The number of amides is 1. The molecule has 2 heterocycles. The standard InChI is InChI=1S/C18H21N3O3S/c1-20(2)9-5-10-21(17(22)15-6-4-11-24-15)18-19-14-12-13(23-3)7-8-16(14)25-18/h4,6-8,11-12H,5,9-10H2,1-3H3. The third kappa shape index (κ3) is 4.00. The summed E-state index contributed by atoms with van der Waals surface area (Å²) in [6.45, 7) is 1.47. The number of methoxy groups -OCH3 is 1. The number of rotatable bonds is 7. The largest absolute Gasteiger partial charge is 0.497 e. The molecule has 0 spiro atoms. The molecule has 0 radical (unpaired) electrons. The quantitative estimate of drug-likeness (QED) is 0.646. The van der Waals surface area contributed by atoms with Gasteiger partial charge in [0.15, 0.2) is 10.9 Å². The molecule has 0 aliphatic heterocycles. The molecule has 2 aromatic heterocycles. The minimum Gasteiger partial charge on any atom is -0.497 e. The topological polar surface area (TPSA) is 58.8 Å². The van der Waals surface area contributed by atoms with E-state index in [9.17, 15) is 4.79 Å². The lowest BCUT2D eigenvalue weighted by molar-refractivity contribution is 0.0959. The lowest BCUT2D eigenvalue weighted by Gasteiger charge is -2.19. The number of nitrogens with zero attached hydrogens (tertiary/aromatic N) is 3. The summed E-state index contributed by atoms with van der Waals surface area (Å²) in [4.78, 5) is 21.3. The third-order valence-electron chi connectivity index (χ3n) is 3.78. The third-order valence-corrected chi connectivity index (χ3v) is 4.84. The van der Waals surface area contributed by atoms with Crippen molar-refractivity contribution in [3.8, 4) is 5.75 Å². The van der Waals surface area contributed by atoms with E-state index in [2.05, 4.69) is 9.88 Å². The minimum atomic E-state index is -0.172. The molecular weight excluding hydrogens is 338 g/mol. The summed E-state index contributed by atoms with van der Waals surface area (Å²) in [5.41, 5.74) is 0.823. The number of fused-ring (bicyclic) bond motifs is 1. The van der Waals surface area contributed by atoms with Gasteiger partial charge < -0.3 is 14.1 Å². The zero-order valence-electron chi connectivity index (χ0n) is 14.6. The summed E-state index contributed by atoms with van der Waals surface area (Å²) in [5, 5.41) is 0.670. The van der Waals surface area contributed by atoms with E-state index in [-0.39, 0.29) is 5.91 Å². The van der Waals surface area contributed by atoms with Gasteiger partial charge in [-0.1, -0.05) is 11.3 Å². The normalized spacial score (nSPS) is 11.2. The van der Waals surface area contributed by atoms with E-state index in [4.69, 9.17) is 9.15 Å². The highest BCUT2D eigenvalue weighted by Gasteiger charge is 2.23. The Morgan fingerprint density at radius 3 is 2.80 bits per heavy atom. The first-order valence-corrected chi connectivity index (χ1v) is 8.85. The molecule has 3 rings (SSSR count). The summed E-state index contributed by atoms with van der Waals surface area (Å²) in [6.07, 6.45) is 2.35. The van der Waals surface area contributed by atoms with Gasteiger partial charge in [0.05, 0.1) is 23.6 Å². The number of anilines is 1. The predicted molar refractivity (Wildman–Crippen MR) is 99.7 cm³/mol. The Balaban J connectivity index is 1.91. The Kier molecular flexibility index (Phi) is 5.35. The van der Waals surface area contributed by atoms with Crippen molar-refractivity contribution in [1.29, 1.82) is 0 Å². The van der Waals surface area contributed by atoms with Crippen LogP contribution in [0.15, 0.2) is 41.0 Å². The van der Waals surface area contributed by atoms with Crippen molar-refractivity contribution < 1.29 is 13.9 Å². The Bertz CT molecular complexity index is 843. The van der Waals surface area contributed by atoms with Crippen molar-refractivity contribution in [2.75, 3.05) is 39.2 Å². The number of carbonyl (C=O) groups excluding carboxylic acids is 1. The Morgan fingerprint density at radius 1 is 1.28 bits per heavy atom. The van der Waals surface area contributed by atoms with Gasteiger partial charge in [0.25, 0.3) is 5.91 Å². The molecule has 0 unspecified atom stereocenters. The molecule has 0 N–H and O–H groups in total. The molecule has 132 valence electrons. The van der Waals surface area contributed by atoms with E-state index in [0.29, 0.717) is 17.4 Å². The van der Waals surface area contributed by atoms with Gasteiger partial charge in [0.1, 0.15) is 5.75 Å². The summed E-state index contributed by atoms with van der Waals surface area (Å²) in [6, 6.07) is 9.14. The van der Waals surface area contributed by atoms with Crippen LogP contribution in [0.5, 0.6) is 5.75 Å². The molecule has 7 heteroatoms. The van der Waals surface area contributed by atoms with E-state index in [1.165, 1.54) is 17.6 Å². The van der Waals surface area contributed by atoms with Crippen LogP contribution >= 0.6 is 11.3 Å². The SMILES string of the molecule is COc1ccc2sc(N(CCCN(C)C)C(=O)c3ccco3)nc2c1. The fraction of sp³-hybridized carbons (Fsp3) is 0.333. The summed E-state index contributed by atoms with van der Waals surface area (Å²) in [5.74, 6) is 0.900. The van der Waals surface area contributed by atoms with Crippen LogP contribution in [0, 0.1) is 0 Å². The van der Waals surface area contributed by atoms with E-state index >= 15 is 0 Å². The number of benzene rings is 1. The lowest BCUT2D eigenvalue weighted by atomic mass is 10.3. The van der Waals surface area contributed by atoms with Crippen molar-refractivity contribution >= 4 is 32.6 Å². The van der Waals surface area contributed by atoms with Crippen LogP contribution < -0.4 is 9.64 Å². The van der Waals surface area contributed by atoms with Crippen molar-refractivity contribution in [1.82, 2.24) is 9.88 Å². The van der Waals surface area contributed by atoms with E-state index in [0.717, 1.165) is 28.9 Å². The highest BCUT2D eigenvalue weighted by molar-refractivity contribution is 7.22.